The van der Waals surface area contributed by atoms with Crippen LogP contribution in [0.1, 0.15) is 20.3 Å². The van der Waals surface area contributed by atoms with Crippen LogP contribution in [-0.2, 0) is 11.3 Å². The molecule has 6 heteroatoms. The SMILES string of the molecule is C[C@H](Cn1cccn1)NC(=O)[C@@]1(C)CC1(Cl)Cl. The van der Waals surface area contributed by atoms with Gasteiger partial charge in [-0.25, -0.2) is 0 Å². The summed E-state index contributed by atoms with van der Waals surface area (Å²) in [6.07, 6.45) is 4.07. The molecule has 0 aliphatic heterocycles. The van der Waals surface area contributed by atoms with Gasteiger partial charge in [-0.1, -0.05) is 0 Å². The lowest BCUT2D eigenvalue weighted by Crippen LogP contribution is -2.41. The van der Waals surface area contributed by atoms with Crippen molar-refractivity contribution in [1.29, 1.82) is 0 Å². The van der Waals surface area contributed by atoms with Crippen LogP contribution in [0.25, 0.3) is 0 Å². The monoisotopic (exact) mass is 275 g/mol. The van der Waals surface area contributed by atoms with Crippen LogP contribution in [0, 0.1) is 5.41 Å². The lowest BCUT2D eigenvalue weighted by Gasteiger charge is -2.18. The molecular formula is C11H15Cl2N3O. The number of rotatable bonds is 4. The minimum Gasteiger partial charge on any atom is -0.351 e. The number of aromatic nitrogens is 2. The summed E-state index contributed by atoms with van der Waals surface area (Å²) in [7, 11) is 0. The molecule has 0 saturated heterocycles. The Labute approximate surface area is 110 Å². The Morgan fingerprint density at radius 3 is 2.76 bits per heavy atom. The van der Waals surface area contributed by atoms with E-state index in [0.717, 1.165) is 0 Å². The summed E-state index contributed by atoms with van der Waals surface area (Å²) >= 11 is 11.9. The van der Waals surface area contributed by atoms with Crippen molar-refractivity contribution < 1.29 is 4.79 Å². The highest BCUT2D eigenvalue weighted by Crippen LogP contribution is 2.63. The van der Waals surface area contributed by atoms with E-state index in [1.165, 1.54) is 0 Å². The molecule has 0 aromatic carbocycles. The highest BCUT2D eigenvalue weighted by atomic mass is 35.5. The van der Waals surface area contributed by atoms with Gasteiger partial charge >= 0.3 is 0 Å². The lowest BCUT2D eigenvalue weighted by atomic mass is 10.1. The van der Waals surface area contributed by atoms with Crippen molar-refractivity contribution in [3.8, 4) is 0 Å². The summed E-state index contributed by atoms with van der Waals surface area (Å²) in [5, 5.41) is 6.99. The Morgan fingerprint density at radius 1 is 1.65 bits per heavy atom. The quantitative estimate of drug-likeness (QED) is 0.855. The van der Waals surface area contributed by atoms with Crippen molar-refractivity contribution in [3.05, 3.63) is 18.5 Å². The fraction of sp³-hybridized carbons (Fsp3) is 0.636. The van der Waals surface area contributed by atoms with E-state index < -0.39 is 9.75 Å². The topological polar surface area (TPSA) is 46.9 Å². The van der Waals surface area contributed by atoms with Crippen molar-refractivity contribution in [2.75, 3.05) is 0 Å². The molecule has 4 nitrogen and oxygen atoms in total. The number of alkyl halides is 2. The van der Waals surface area contributed by atoms with Gasteiger partial charge in [-0.2, -0.15) is 5.10 Å². The zero-order chi connectivity index (χ0) is 12.7. The second kappa shape index (κ2) is 4.18. The molecule has 1 saturated carbocycles. The molecule has 1 amide bonds. The fourth-order valence-corrected chi connectivity index (χ4v) is 2.47. The van der Waals surface area contributed by atoms with E-state index in [9.17, 15) is 4.79 Å². The van der Waals surface area contributed by atoms with Crippen molar-refractivity contribution in [1.82, 2.24) is 15.1 Å². The number of hydrogen-bond donors (Lipinski definition) is 1. The molecule has 1 fully saturated rings. The smallest absolute Gasteiger partial charge is 0.229 e. The first kappa shape index (κ1) is 12.7. The number of nitrogens with one attached hydrogen (secondary N) is 1. The van der Waals surface area contributed by atoms with E-state index in [1.54, 1.807) is 17.8 Å². The maximum atomic E-state index is 12.0. The standard InChI is InChI=1S/C11H15Cl2N3O/c1-8(6-16-5-3-4-14-16)15-9(17)10(2)7-11(10,12)13/h3-5,8H,6-7H2,1-2H3,(H,15,17)/t8-,10-/m1/s1. The van der Waals surface area contributed by atoms with E-state index in [2.05, 4.69) is 10.4 Å². The number of amides is 1. The Bertz CT molecular complexity index is 418. The molecule has 1 aliphatic carbocycles. The average Bonchev–Trinajstić information content (AvgIpc) is 2.64. The first-order valence-electron chi connectivity index (χ1n) is 5.51. The van der Waals surface area contributed by atoms with Crippen LogP contribution in [0.4, 0.5) is 0 Å². The zero-order valence-electron chi connectivity index (χ0n) is 9.78. The molecular weight excluding hydrogens is 261 g/mol. The Kier molecular flexibility index (Phi) is 3.12. The number of nitrogens with zero attached hydrogens (tertiary/aromatic N) is 2. The molecule has 17 heavy (non-hydrogen) atoms. The van der Waals surface area contributed by atoms with E-state index in [-0.39, 0.29) is 11.9 Å². The minimum atomic E-state index is -0.914. The average molecular weight is 276 g/mol. The first-order chi connectivity index (χ1) is 7.85. The molecule has 0 bridgehead atoms. The van der Waals surface area contributed by atoms with Gasteiger partial charge < -0.3 is 5.32 Å². The number of carbonyl (C=O) groups is 1. The first-order valence-corrected chi connectivity index (χ1v) is 6.27. The minimum absolute atomic E-state index is 0.0102. The van der Waals surface area contributed by atoms with E-state index in [1.807, 2.05) is 19.2 Å². The summed E-state index contributed by atoms with van der Waals surface area (Å²) in [4.78, 5) is 12.0. The lowest BCUT2D eigenvalue weighted by molar-refractivity contribution is -0.126. The van der Waals surface area contributed by atoms with Gasteiger partial charge in [0.25, 0.3) is 0 Å². The summed E-state index contributed by atoms with van der Waals surface area (Å²) in [5.74, 6) is -0.0952. The van der Waals surface area contributed by atoms with Gasteiger partial charge in [-0.3, -0.25) is 9.48 Å². The van der Waals surface area contributed by atoms with Gasteiger partial charge in [-0.15, -0.1) is 23.2 Å². The molecule has 1 N–H and O–H groups in total. The third kappa shape index (κ3) is 2.43. The van der Waals surface area contributed by atoms with Crippen LogP contribution in [0.3, 0.4) is 0 Å². The van der Waals surface area contributed by atoms with Crippen LogP contribution in [0.15, 0.2) is 18.5 Å². The highest BCUT2D eigenvalue weighted by Gasteiger charge is 2.67. The predicted octanol–water partition coefficient (Wildman–Crippen LogP) is 1.97. The highest BCUT2D eigenvalue weighted by molar-refractivity contribution is 6.53. The Balaban J connectivity index is 1.88. The van der Waals surface area contributed by atoms with E-state index in [0.29, 0.717) is 13.0 Å². The molecule has 1 heterocycles. The van der Waals surface area contributed by atoms with Crippen LogP contribution in [0.2, 0.25) is 0 Å². The van der Waals surface area contributed by atoms with Gasteiger partial charge in [-0.05, 0) is 26.3 Å². The predicted molar refractivity (Wildman–Crippen MR) is 67.0 cm³/mol. The molecule has 1 aromatic rings. The zero-order valence-corrected chi connectivity index (χ0v) is 11.3. The maximum Gasteiger partial charge on any atom is 0.229 e. The van der Waals surface area contributed by atoms with Crippen molar-refractivity contribution in [2.45, 2.75) is 37.2 Å². The Morgan fingerprint density at radius 2 is 2.29 bits per heavy atom. The molecule has 0 radical (unpaired) electrons. The summed E-state index contributed by atoms with van der Waals surface area (Å²) < 4.78 is 0.858. The summed E-state index contributed by atoms with van der Waals surface area (Å²) in [5.41, 5.74) is -0.658. The molecule has 0 spiro atoms. The van der Waals surface area contributed by atoms with Crippen molar-refractivity contribution in [3.63, 3.8) is 0 Å². The normalized spacial score (nSPS) is 27.5. The second-order valence-electron chi connectivity index (χ2n) is 4.82. The summed E-state index contributed by atoms with van der Waals surface area (Å²) in [6.45, 7) is 4.34. The third-order valence-corrected chi connectivity index (χ3v) is 4.26. The van der Waals surface area contributed by atoms with Crippen molar-refractivity contribution >= 4 is 29.1 Å². The molecule has 2 atom stereocenters. The van der Waals surface area contributed by atoms with Gasteiger partial charge in [0.1, 0.15) is 4.33 Å². The van der Waals surface area contributed by atoms with Crippen LogP contribution in [0.5, 0.6) is 0 Å². The molecule has 2 rings (SSSR count). The van der Waals surface area contributed by atoms with Crippen molar-refractivity contribution in [2.24, 2.45) is 5.41 Å². The second-order valence-corrected chi connectivity index (χ2v) is 6.30. The largest absolute Gasteiger partial charge is 0.351 e. The third-order valence-electron chi connectivity index (χ3n) is 3.16. The molecule has 1 aliphatic rings. The molecule has 94 valence electrons. The van der Waals surface area contributed by atoms with E-state index in [4.69, 9.17) is 23.2 Å². The van der Waals surface area contributed by atoms with Crippen LogP contribution in [-0.4, -0.2) is 26.1 Å². The van der Waals surface area contributed by atoms with Crippen LogP contribution < -0.4 is 5.32 Å². The molecule has 1 aromatic heterocycles. The van der Waals surface area contributed by atoms with Crippen LogP contribution >= 0.6 is 23.2 Å². The number of hydrogen-bond acceptors (Lipinski definition) is 2. The van der Waals surface area contributed by atoms with E-state index >= 15 is 0 Å². The summed E-state index contributed by atoms with van der Waals surface area (Å²) in [6, 6.07) is 1.84. The van der Waals surface area contributed by atoms with Gasteiger partial charge in [0.05, 0.1) is 12.0 Å². The number of halogens is 2. The maximum absolute atomic E-state index is 12.0. The number of carbonyl (C=O) groups excluding carboxylic acids is 1. The van der Waals surface area contributed by atoms with Gasteiger partial charge in [0, 0.05) is 18.4 Å². The fourth-order valence-electron chi connectivity index (χ4n) is 1.76. The van der Waals surface area contributed by atoms with Gasteiger partial charge in [0.15, 0.2) is 0 Å². The Hall–Kier alpha value is -0.740. The van der Waals surface area contributed by atoms with Gasteiger partial charge in [0.2, 0.25) is 5.91 Å². The molecule has 0 unspecified atom stereocenters.